The maximum Gasteiger partial charge on any atom is 0.142 e. The number of hydrogen-bond donors (Lipinski definition) is 1. The van der Waals surface area contributed by atoms with Crippen LogP contribution < -0.4 is 0 Å². The first-order chi connectivity index (χ1) is 11.2. The number of carbonyl (C=O) groups is 2. The van der Waals surface area contributed by atoms with Gasteiger partial charge in [0.25, 0.3) is 0 Å². The van der Waals surface area contributed by atoms with Crippen LogP contribution in [0.5, 0.6) is 0 Å². The highest BCUT2D eigenvalue weighted by Gasteiger charge is 2.55. The van der Waals surface area contributed by atoms with Crippen LogP contribution in [-0.2, 0) is 14.3 Å². The zero-order valence-corrected chi connectivity index (χ0v) is 15.4. The third kappa shape index (κ3) is 3.70. The van der Waals surface area contributed by atoms with Gasteiger partial charge in [0, 0.05) is 18.3 Å². The van der Waals surface area contributed by atoms with Gasteiger partial charge in [-0.05, 0) is 51.2 Å². The number of rotatable bonds is 6. The molecule has 1 heterocycles. The van der Waals surface area contributed by atoms with Gasteiger partial charge in [-0.2, -0.15) is 0 Å². The van der Waals surface area contributed by atoms with Crippen LogP contribution >= 0.6 is 0 Å². The number of ether oxygens (including phenoxy) is 1. The number of hydrogen-bond acceptors (Lipinski definition) is 4. The van der Waals surface area contributed by atoms with E-state index in [1.54, 1.807) is 13.8 Å². The highest BCUT2D eigenvalue weighted by molar-refractivity contribution is 5.76. The van der Waals surface area contributed by atoms with Gasteiger partial charge < -0.3 is 9.84 Å². The summed E-state index contributed by atoms with van der Waals surface area (Å²) < 4.78 is 6.25. The molecule has 24 heavy (non-hydrogen) atoms. The van der Waals surface area contributed by atoms with Crippen LogP contribution in [0.4, 0.5) is 0 Å². The molecule has 4 nitrogen and oxygen atoms in total. The Kier molecular flexibility index (Phi) is 5.82. The number of Topliss-reactive ketones (excluding diaryl/α,β-unsaturated/α-hetero) is 1. The molecule has 4 heteroatoms. The van der Waals surface area contributed by atoms with Crippen molar-refractivity contribution in [3.63, 3.8) is 0 Å². The van der Waals surface area contributed by atoms with Crippen molar-refractivity contribution in [2.24, 2.45) is 23.7 Å². The van der Waals surface area contributed by atoms with Gasteiger partial charge in [0.15, 0.2) is 0 Å². The normalized spacial score (nSPS) is 35.6. The van der Waals surface area contributed by atoms with E-state index in [9.17, 15) is 14.7 Å². The van der Waals surface area contributed by atoms with Crippen LogP contribution in [0.2, 0.25) is 0 Å². The van der Waals surface area contributed by atoms with Gasteiger partial charge in [-0.3, -0.25) is 9.59 Å². The van der Waals surface area contributed by atoms with Gasteiger partial charge in [-0.1, -0.05) is 25.5 Å². The van der Waals surface area contributed by atoms with Crippen molar-refractivity contribution >= 4 is 12.1 Å². The Morgan fingerprint density at radius 2 is 2.17 bits per heavy atom. The van der Waals surface area contributed by atoms with E-state index < -0.39 is 11.7 Å². The predicted molar refractivity (Wildman–Crippen MR) is 93.5 cm³/mol. The first-order valence-corrected chi connectivity index (χ1v) is 8.86. The number of aldehydes is 1. The summed E-state index contributed by atoms with van der Waals surface area (Å²) in [6, 6.07) is 0. The Bertz CT molecular complexity index is 544. The fraction of sp³-hybridized carbons (Fsp3) is 0.700. The van der Waals surface area contributed by atoms with Crippen LogP contribution in [0.3, 0.4) is 0 Å². The van der Waals surface area contributed by atoms with Crippen molar-refractivity contribution in [2.45, 2.75) is 65.3 Å². The predicted octanol–water partition coefficient (Wildman–Crippen LogP) is 3.09. The van der Waals surface area contributed by atoms with Crippen LogP contribution in [-0.4, -0.2) is 35.0 Å². The highest BCUT2D eigenvalue weighted by Crippen LogP contribution is 2.51. The second-order valence-electron chi connectivity index (χ2n) is 7.92. The number of fused-ring (bicyclic) bond motifs is 1. The Morgan fingerprint density at radius 1 is 1.50 bits per heavy atom. The highest BCUT2D eigenvalue weighted by atomic mass is 16.5. The molecule has 134 valence electrons. The fourth-order valence-electron chi connectivity index (χ4n) is 4.53. The minimum Gasteiger partial charge on any atom is -0.383 e. The van der Waals surface area contributed by atoms with Gasteiger partial charge >= 0.3 is 0 Å². The molecular weight excluding hydrogens is 304 g/mol. The molecule has 6 atom stereocenters. The van der Waals surface area contributed by atoms with Crippen LogP contribution in [0, 0.1) is 23.7 Å². The first-order valence-electron chi connectivity index (χ1n) is 8.86. The molecule has 1 N–H and O–H groups in total. The van der Waals surface area contributed by atoms with Gasteiger partial charge in [0.05, 0.1) is 12.2 Å². The SMILES string of the molecule is CC(=O)C[C@H]1O[C@@H](C(C)(O)/C=C/C=O)[C@H]2[C@@H]1C(C)=CC[C@@H]2C(C)C. The molecule has 2 aliphatic rings. The lowest BCUT2D eigenvalue weighted by atomic mass is 9.63. The standard InChI is InChI=1S/C20H30O4/c1-12(2)15-8-7-13(3)17-16(11-14(4)22)24-19(18(15)17)20(5,23)9-6-10-21/h6-7,9-10,12,15-19,23H,8,11H2,1-5H3/b9-6+/t15-,16-,17-,18-,19-,20?/m1/s1. The quantitative estimate of drug-likeness (QED) is 0.460. The summed E-state index contributed by atoms with van der Waals surface area (Å²) in [5.41, 5.74) is 0.0148. The minimum absolute atomic E-state index is 0.0990. The van der Waals surface area contributed by atoms with E-state index in [1.807, 2.05) is 0 Å². The second-order valence-corrected chi connectivity index (χ2v) is 7.92. The maximum absolute atomic E-state index is 11.7. The summed E-state index contributed by atoms with van der Waals surface area (Å²) in [5, 5.41) is 10.9. The summed E-state index contributed by atoms with van der Waals surface area (Å²) in [6.45, 7) is 9.76. The molecule has 0 aromatic carbocycles. The number of ketones is 1. The largest absolute Gasteiger partial charge is 0.383 e. The lowest BCUT2D eigenvalue weighted by molar-refractivity contribution is -0.123. The molecule has 0 amide bonds. The van der Waals surface area contributed by atoms with Crippen molar-refractivity contribution in [1.82, 2.24) is 0 Å². The average Bonchev–Trinajstić information content (AvgIpc) is 2.85. The Balaban J connectivity index is 2.43. The number of aliphatic hydroxyl groups is 1. The van der Waals surface area contributed by atoms with E-state index in [-0.39, 0.29) is 23.7 Å². The molecule has 0 aromatic heterocycles. The maximum atomic E-state index is 11.7. The lowest BCUT2D eigenvalue weighted by Gasteiger charge is -2.41. The van der Waals surface area contributed by atoms with Gasteiger partial charge in [-0.25, -0.2) is 0 Å². The zero-order valence-electron chi connectivity index (χ0n) is 15.4. The summed E-state index contributed by atoms with van der Waals surface area (Å²) in [5.74, 6) is 1.23. The van der Waals surface area contributed by atoms with E-state index in [4.69, 9.17) is 4.74 Å². The van der Waals surface area contributed by atoms with E-state index >= 15 is 0 Å². The minimum atomic E-state index is -1.24. The van der Waals surface area contributed by atoms with Crippen LogP contribution in [0.1, 0.15) is 47.5 Å². The monoisotopic (exact) mass is 334 g/mol. The Hall–Kier alpha value is -1.26. The zero-order chi connectivity index (χ0) is 18.1. The average molecular weight is 334 g/mol. The third-order valence-corrected chi connectivity index (χ3v) is 5.65. The van der Waals surface area contributed by atoms with Crippen molar-refractivity contribution in [3.8, 4) is 0 Å². The lowest BCUT2D eigenvalue weighted by Crippen LogP contribution is -2.46. The Morgan fingerprint density at radius 3 is 2.71 bits per heavy atom. The summed E-state index contributed by atoms with van der Waals surface area (Å²) in [6.07, 6.45) is 6.48. The van der Waals surface area contributed by atoms with E-state index in [1.165, 1.54) is 17.7 Å². The number of allylic oxidation sites excluding steroid dienone is 2. The molecule has 0 saturated carbocycles. The van der Waals surface area contributed by atoms with Gasteiger partial charge in [-0.15, -0.1) is 0 Å². The fourth-order valence-corrected chi connectivity index (χ4v) is 4.53. The molecule has 0 radical (unpaired) electrons. The van der Waals surface area contributed by atoms with Gasteiger partial charge in [0.2, 0.25) is 0 Å². The molecule has 1 unspecified atom stereocenters. The van der Waals surface area contributed by atoms with Crippen molar-refractivity contribution in [2.75, 3.05) is 0 Å². The second kappa shape index (κ2) is 7.32. The van der Waals surface area contributed by atoms with E-state index in [0.717, 1.165) is 6.42 Å². The molecule has 0 aromatic rings. The van der Waals surface area contributed by atoms with Crippen LogP contribution in [0.25, 0.3) is 0 Å². The van der Waals surface area contributed by atoms with E-state index in [0.29, 0.717) is 24.5 Å². The topological polar surface area (TPSA) is 63.6 Å². The molecule has 1 aliphatic carbocycles. The molecule has 0 bridgehead atoms. The molecular formula is C20H30O4. The molecule has 1 saturated heterocycles. The van der Waals surface area contributed by atoms with Crippen LogP contribution in [0.15, 0.2) is 23.8 Å². The molecule has 2 rings (SSSR count). The van der Waals surface area contributed by atoms with Crippen molar-refractivity contribution in [1.29, 1.82) is 0 Å². The summed E-state index contributed by atoms with van der Waals surface area (Å²) >= 11 is 0. The smallest absolute Gasteiger partial charge is 0.142 e. The molecule has 1 aliphatic heterocycles. The summed E-state index contributed by atoms with van der Waals surface area (Å²) in [7, 11) is 0. The first kappa shape index (κ1) is 19.1. The summed E-state index contributed by atoms with van der Waals surface area (Å²) in [4.78, 5) is 22.4. The van der Waals surface area contributed by atoms with E-state index in [2.05, 4.69) is 26.8 Å². The molecule has 1 fully saturated rings. The van der Waals surface area contributed by atoms with Gasteiger partial charge in [0.1, 0.15) is 17.7 Å². The Labute approximate surface area is 145 Å². The van der Waals surface area contributed by atoms with Crippen molar-refractivity contribution in [3.05, 3.63) is 23.8 Å². The van der Waals surface area contributed by atoms with Crippen molar-refractivity contribution < 1.29 is 19.4 Å². The third-order valence-electron chi connectivity index (χ3n) is 5.65. The molecule has 0 spiro atoms. The number of carbonyl (C=O) groups excluding carboxylic acids is 2.